The van der Waals surface area contributed by atoms with E-state index in [-0.39, 0.29) is 0 Å². The predicted molar refractivity (Wildman–Crippen MR) is 53.1 cm³/mol. The Balaban J connectivity index is 1.94. The van der Waals surface area contributed by atoms with Crippen molar-refractivity contribution in [2.24, 2.45) is 5.73 Å². The molecule has 4 N–H and O–H groups in total. The maximum Gasteiger partial charge on any atom is 0.617 e. The Morgan fingerprint density at radius 2 is 2.15 bits per heavy atom. The second kappa shape index (κ2) is 5.08. The van der Waals surface area contributed by atoms with E-state index in [9.17, 15) is 0 Å². The summed E-state index contributed by atoms with van der Waals surface area (Å²) >= 11 is 0. The first-order chi connectivity index (χ1) is 6.16. The summed E-state index contributed by atoms with van der Waals surface area (Å²) in [4.78, 5) is 0. The van der Waals surface area contributed by atoms with E-state index in [1.54, 1.807) is 0 Å². The molecule has 0 aromatic heterocycles. The molecule has 1 rings (SSSR count). The number of hydrogen-bond acceptors (Lipinski definition) is 5. The third-order valence-corrected chi connectivity index (χ3v) is 4.57. The molecule has 5 nitrogen and oxygen atoms in total. The normalized spacial score (nSPS) is 20.1. The maximum atomic E-state index is 8.78. The van der Waals surface area contributed by atoms with Crippen molar-refractivity contribution in [1.82, 2.24) is 5.32 Å². The van der Waals surface area contributed by atoms with E-state index in [1.165, 1.54) is 0 Å². The minimum absolute atomic E-state index is 0.716. The van der Waals surface area contributed by atoms with Gasteiger partial charge >= 0.3 is 15.9 Å². The van der Waals surface area contributed by atoms with Crippen molar-refractivity contribution < 1.29 is 13.7 Å². The van der Waals surface area contributed by atoms with Crippen LogP contribution in [0.1, 0.15) is 6.42 Å². The van der Waals surface area contributed by atoms with Gasteiger partial charge in [-0.1, -0.05) is 0 Å². The summed E-state index contributed by atoms with van der Waals surface area (Å²) in [6.45, 7) is 4.47. The predicted octanol–water partition coefficient (Wildman–Crippen LogP) is -0.979. The van der Waals surface area contributed by atoms with Crippen molar-refractivity contribution in [2.75, 3.05) is 19.6 Å². The van der Waals surface area contributed by atoms with Gasteiger partial charge in [0.15, 0.2) is 0 Å². The molecule has 0 atom stereocenters. The quantitative estimate of drug-likeness (QED) is 0.383. The molecule has 76 valence electrons. The summed E-state index contributed by atoms with van der Waals surface area (Å²) in [6.07, 6.45) is 0.989. The lowest BCUT2D eigenvalue weighted by Crippen LogP contribution is -2.60. The van der Waals surface area contributed by atoms with Crippen LogP contribution in [0.3, 0.4) is 0 Å². The van der Waals surface area contributed by atoms with Gasteiger partial charge in [0.25, 0.3) is 0 Å². The van der Waals surface area contributed by atoms with Gasteiger partial charge in [0.2, 0.25) is 0 Å². The molecular weight excluding hydrogens is 187 g/mol. The molecule has 1 aliphatic heterocycles. The molecule has 0 bridgehead atoms. The monoisotopic (exact) mass is 204 g/mol. The van der Waals surface area contributed by atoms with Crippen LogP contribution in [-0.4, -0.2) is 40.5 Å². The molecule has 0 amide bonds. The maximum absolute atomic E-state index is 8.78. The van der Waals surface area contributed by atoms with Crippen molar-refractivity contribution in [3.8, 4) is 0 Å². The summed E-state index contributed by atoms with van der Waals surface area (Å²) in [5.74, 6) is 0. The van der Waals surface area contributed by atoms with E-state index in [4.69, 9.17) is 19.4 Å². The van der Waals surface area contributed by atoms with Gasteiger partial charge in [-0.2, -0.15) is 0 Å². The van der Waals surface area contributed by atoms with Crippen molar-refractivity contribution >= 4 is 15.9 Å². The molecule has 0 aromatic carbocycles. The average molecular weight is 204 g/mol. The molecule has 1 heterocycles. The number of hydrogen-bond donors (Lipinski definition) is 3. The number of rotatable bonds is 6. The van der Waals surface area contributed by atoms with Gasteiger partial charge in [0.05, 0.1) is 0 Å². The van der Waals surface area contributed by atoms with Gasteiger partial charge in [-0.05, 0) is 32.6 Å². The highest BCUT2D eigenvalue weighted by molar-refractivity contribution is 6.82. The first kappa shape index (κ1) is 11.2. The van der Waals surface area contributed by atoms with Crippen LogP contribution in [0.5, 0.6) is 0 Å². The average Bonchev–Trinajstić information content (AvgIpc) is 2.02. The molecular formula is C6H17BN2O3Si. The zero-order chi connectivity index (χ0) is 9.73. The highest BCUT2D eigenvalue weighted by Crippen LogP contribution is 2.23. The van der Waals surface area contributed by atoms with Gasteiger partial charge in [0.1, 0.15) is 0 Å². The van der Waals surface area contributed by atoms with E-state index >= 15 is 0 Å². The smallest absolute Gasteiger partial charge is 0.408 e. The van der Waals surface area contributed by atoms with Crippen LogP contribution in [0, 0.1) is 0 Å². The number of nitrogens with one attached hydrogen (secondary N) is 1. The van der Waals surface area contributed by atoms with Gasteiger partial charge in [0, 0.05) is 6.04 Å². The molecule has 0 aliphatic carbocycles. The summed E-state index contributed by atoms with van der Waals surface area (Å²) in [5, 5.41) is 12.0. The van der Waals surface area contributed by atoms with Crippen molar-refractivity contribution in [1.29, 1.82) is 0 Å². The Bertz CT molecular complexity index is 157. The molecule has 0 aromatic rings. The van der Waals surface area contributed by atoms with Crippen LogP contribution in [0.25, 0.3) is 0 Å². The minimum atomic E-state index is -1.96. The van der Waals surface area contributed by atoms with Gasteiger partial charge in [-0.15, -0.1) is 0 Å². The second-order valence-electron chi connectivity index (χ2n) is 3.32. The van der Waals surface area contributed by atoms with E-state index in [1.807, 2.05) is 6.55 Å². The molecule has 1 fully saturated rings. The Kier molecular flexibility index (Phi) is 4.36. The fourth-order valence-corrected chi connectivity index (χ4v) is 2.96. The topological polar surface area (TPSA) is 76.7 Å². The largest absolute Gasteiger partial charge is 0.617 e. The lowest BCUT2D eigenvalue weighted by Gasteiger charge is -2.38. The first-order valence-corrected chi connectivity index (χ1v) is 7.13. The molecule has 0 spiro atoms. The zero-order valence-corrected chi connectivity index (χ0v) is 8.95. The third kappa shape index (κ3) is 3.76. The Hall–Kier alpha value is 0.0818. The van der Waals surface area contributed by atoms with Crippen molar-refractivity contribution in [2.45, 2.75) is 19.0 Å². The fraction of sp³-hybridized carbons (Fsp3) is 1.00. The van der Waals surface area contributed by atoms with Crippen LogP contribution in [0.4, 0.5) is 0 Å². The van der Waals surface area contributed by atoms with Crippen LogP contribution in [0.2, 0.25) is 12.6 Å². The highest BCUT2D eigenvalue weighted by Gasteiger charge is 2.49. The Labute approximate surface area is 80.0 Å². The lowest BCUT2D eigenvalue weighted by molar-refractivity contribution is 0.169. The Morgan fingerprint density at radius 1 is 1.46 bits per heavy atom. The van der Waals surface area contributed by atoms with E-state index in [0.29, 0.717) is 6.54 Å². The SMILES string of the molecule is C[Si]1(CCNCCCN)OB(O)O1. The number of nitrogens with two attached hydrogens (primary N) is 1. The standard InChI is InChI=1S/C6H17BN2O3Si/c1-13(11-7(10)12-13)6-5-9-4-2-3-8/h9-10H,2-6,8H2,1H3. The van der Waals surface area contributed by atoms with E-state index in [2.05, 4.69) is 5.32 Å². The molecule has 1 aliphatic rings. The minimum Gasteiger partial charge on any atom is -0.408 e. The van der Waals surface area contributed by atoms with Crippen LogP contribution in [0.15, 0.2) is 0 Å². The Morgan fingerprint density at radius 3 is 2.69 bits per heavy atom. The molecule has 0 unspecified atom stereocenters. The molecule has 0 radical (unpaired) electrons. The lowest BCUT2D eigenvalue weighted by atomic mass is 10.3. The third-order valence-electron chi connectivity index (χ3n) is 2.01. The van der Waals surface area contributed by atoms with Gasteiger partial charge in [-0.3, -0.25) is 0 Å². The van der Waals surface area contributed by atoms with Gasteiger partial charge in [-0.25, -0.2) is 0 Å². The molecule has 0 saturated carbocycles. The fourth-order valence-electron chi connectivity index (χ4n) is 1.22. The summed E-state index contributed by atoms with van der Waals surface area (Å²) < 4.78 is 10.3. The summed E-state index contributed by atoms with van der Waals surface area (Å²) in [6, 6.07) is 0.870. The molecule has 7 heteroatoms. The van der Waals surface area contributed by atoms with Gasteiger partial charge < -0.3 is 24.8 Å². The second-order valence-corrected chi connectivity index (χ2v) is 6.56. The van der Waals surface area contributed by atoms with Crippen molar-refractivity contribution in [3.63, 3.8) is 0 Å². The van der Waals surface area contributed by atoms with Crippen molar-refractivity contribution in [3.05, 3.63) is 0 Å². The van der Waals surface area contributed by atoms with E-state index in [0.717, 1.165) is 25.6 Å². The van der Waals surface area contributed by atoms with Crippen LogP contribution >= 0.6 is 0 Å². The van der Waals surface area contributed by atoms with Crippen LogP contribution in [-0.2, 0) is 8.69 Å². The zero-order valence-electron chi connectivity index (χ0n) is 7.95. The highest BCUT2D eigenvalue weighted by atomic mass is 28.4. The molecule has 1 saturated heterocycles. The summed E-state index contributed by atoms with van der Waals surface area (Å²) in [7, 11) is -2.94. The first-order valence-electron chi connectivity index (χ1n) is 4.61. The van der Waals surface area contributed by atoms with E-state index < -0.39 is 15.9 Å². The summed E-state index contributed by atoms with van der Waals surface area (Å²) in [5.41, 5.74) is 5.34. The van der Waals surface area contributed by atoms with Crippen LogP contribution < -0.4 is 11.1 Å². The molecule has 13 heavy (non-hydrogen) atoms.